The van der Waals surface area contributed by atoms with Gasteiger partial charge in [-0.1, -0.05) is 37.8 Å². The predicted octanol–water partition coefficient (Wildman–Crippen LogP) is 4.66. The first-order chi connectivity index (χ1) is 11.7. The molecule has 140 valence electrons. The summed E-state index contributed by atoms with van der Waals surface area (Å²) >= 11 is 1.58. The molecule has 1 aromatic carbocycles. The third-order valence-corrected chi connectivity index (χ3v) is 12.3. The summed E-state index contributed by atoms with van der Waals surface area (Å²) in [6.07, 6.45) is 0.471. The third kappa shape index (κ3) is 3.49. The van der Waals surface area contributed by atoms with Crippen molar-refractivity contribution in [2.45, 2.75) is 46.9 Å². The normalized spacial score (nSPS) is 26.8. The summed E-state index contributed by atoms with van der Waals surface area (Å²) in [4.78, 5) is 13.8. The van der Waals surface area contributed by atoms with Crippen molar-refractivity contribution < 1.29 is 23.1 Å². The predicted molar refractivity (Wildman–Crippen MR) is 104 cm³/mol. The maximum atomic E-state index is 13.4. The lowest BCUT2D eigenvalue weighted by molar-refractivity contribution is -0.146. The Labute approximate surface area is 155 Å². The molecule has 8 heteroatoms. The van der Waals surface area contributed by atoms with Gasteiger partial charge in [0.15, 0.2) is 5.16 Å². The Balaban J connectivity index is 2.53. The van der Waals surface area contributed by atoms with Gasteiger partial charge in [-0.05, 0) is 24.1 Å². The van der Waals surface area contributed by atoms with Crippen LogP contribution in [-0.2, 0) is 23.1 Å². The summed E-state index contributed by atoms with van der Waals surface area (Å²) in [7, 11) is -1.27. The van der Waals surface area contributed by atoms with Gasteiger partial charge in [0.1, 0.15) is 0 Å². The Hall–Kier alpha value is -0.593. The minimum Gasteiger partial charge on any atom is -0.468 e. The standard InChI is InChI=1S/C17H27O5PSSi/c1-20-16(18)17(23(19,21-2)22-3)12-14(25(4,5)6)15(17)24-13-10-8-7-9-11-13/h7-11,14-15H,12H2,1-6H3/t14-,15+,17+/m0/s1. The van der Waals surface area contributed by atoms with Crippen LogP contribution in [-0.4, -0.2) is 45.8 Å². The largest absolute Gasteiger partial charge is 0.468 e. The van der Waals surface area contributed by atoms with Crippen LogP contribution in [0, 0.1) is 0 Å². The van der Waals surface area contributed by atoms with E-state index in [2.05, 4.69) is 19.6 Å². The minimum atomic E-state index is -3.66. The third-order valence-electron chi connectivity index (χ3n) is 4.99. The lowest BCUT2D eigenvalue weighted by Crippen LogP contribution is -2.64. The summed E-state index contributed by atoms with van der Waals surface area (Å²) in [5.74, 6) is -0.512. The molecule has 1 saturated carbocycles. The molecule has 25 heavy (non-hydrogen) atoms. The maximum absolute atomic E-state index is 13.4. The van der Waals surface area contributed by atoms with Gasteiger partial charge in [-0.25, -0.2) is 0 Å². The zero-order valence-corrected chi connectivity index (χ0v) is 18.4. The molecule has 5 nitrogen and oxygen atoms in total. The molecule has 0 aromatic heterocycles. The molecule has 3 atom stereocenters. The minimum absolute atomic E-state index is 0.209. The van der Waals surface area contributed by atoms with Gasteiger partial charge in [0.25, 0.3) is 0 Å². The van der Waals surface area contributed by atoms with E-state index in [1.807, 2.05) is 30.3 Å². The molecule has 1 fully saturated rings. The number of benzene rings is 1. The van der Waals surface area contributed by atoms with Crippen molar-refractivity contribution in [2.24, 2.45) is 0 Å². The Bertz CT molecular complexity index is 655. The highest BCUT2D eigenvalue weighted by atomic mass is 32.2. The van der Waals surface area contributed by atoms with Crippen LogP contribution in [0.15, 0.2) is 35.2 Å². The van der Waals surface area contributed by atoms with Crippen molar-refractivity contribution in [1.82, 2.24) is 0 Å². The monoisotopic (exact) mass is 402 g/mol. The Morgan fingerprint density at radius 1 is 1.16 bits per heavy atom. The van der Waals surface area contributed by atoms with Gasteiger partial charge in [0, 0.05) is 32.4 Å². The summed E-state index contributed by atoms with van der Waals surface area (Å²) < 4.78 is 29.0. The zero-order chi connectivity index (χ0) is 18.9. The van der Waals surface area contributed by atoms with Crippen LogP contribution in [0.4, 0.5) is 0 Å². The molecule has 1 aliphatic carbocycles. The summed E-state index contributed by atoms with van der Waals surface area (Å²) in [5, 5.41) is -1.48. The molecule has 0 bridgehead atoms. The van der Waals surface area contributed by atoms with E-state index in [1.54, 1.807) is 11.8 Å². The number of methoxy groups -OCH3 is 1. The first kappa shape index (κ1) is 20.7. The smallest absolute Gasteiger partial charge is 0.348 e. The van der Waals surface area contributed by atoms with Crippen LogP contribution in [0.25, 0.3) is 0 Å². The highest BCUT2D eigenvalue weighted by Gasteiger charge is 2.73. The van der Waals surface area contributed by atoms with Crippen molar-refractivity contribution in [3.05, 3.63) is 30.3 Å². The van der Waals surface area contributed by atoms with Gasteiger partial charge in [0.05, 0.1) is 7.11 Å². The average molecular weight is 403 g/mol. The van der Waals surface area contributed by atoms with Crippen molar-refractivity contribution in [2.75, 3.05) is 21.3 Å². The van der Waals surface area contributed by atoms with E-state index in [0.717, 1.165) is 4.90 Å². The van der Waals surface area contributed by atoms with E-state index in [1.165, 1.54) is 21.3 Å². The molecule has 0 heterocycles. The fraction of sp³-hybridized carbons (Fsp3) is 0.588. The fourth-order valence-electron chi connectivity index (χ4n) is 3.47. The van der Waals surface area contributed by atoms with Crippen LogP contribution in [0.2, 0.25) is 25.2 Å². The van der Waals surface area contributed by atoms with E-state index in [9.17, 15) is 9.36 Å². The van der Waals surface area contributed by atoms with Crippen LogP contribution >= 0.6 is 19.4 Å². The number of rotatable bonds is 7. The number of hydrogen-bond acceptors (Lipinski definition) is 6. The van der Waals surface area contributed by atoms with E-state index < -0.39 is 26.8 Å². The van der Waals surface area contributed by atoms with Crippen LogP contribution < -0.4 is 0 Å². The van der Waals surface area contributed by atoms with E-state index in [-0.39, 0.29) is 5.25 Å². The molecule has 0 radical (unpaired) electrons. The van der Waals surface area contributed by atoms with E-state index >= 15 is 0 Å². The number of esters is 1. The number of hydrogen-bond donors (Lipinski definition) is 0. The molecule has 0 N–H and O–H groups in total. The summed E-state index contributed by atoms with van der Waals surface area (Å²) in [5.41, 5.74) is 0.301. The quantitative estimate of drug-likeness (QED) is 0.376. The van der Waals surface area contributed by atoms with Gasteiger partial charge in [-0.15, -0.1) is 11.8 Å². The van der Waals surface area contributed by atoms with Gasteiger partial charge < -0.3 is 13.8 Å². The van der Waals surface area contributed by atoms with E-state index in [0.29, 0.717) is 12.0 Å². The molecule has 0 saturated heterocycles. The first-order valence-corrected chi connectivity index (χ1v) is 14.2. The van der Waals surface area contributed by atoms with Crippen molar-refractivity contribution >= 4 is 33.4 Å². The van der Waals surface area contributed by atoms with Crippen molar-refractivity contribution in [3.63, 3.8) is 0 Å². The molecule has 1 aliphatic rings. The number of carbonyl (C=O) groups excluding carboxylic acids is 1. The number of ether oxygens (including phenoxy) is 1. The molecular weight excluding hydrogens is 375 g/mol. The fourth-order valence-corrected chi connectivity index (χ4v) is 11.2. The Morgan fingerprint density at radius 3 is 2.16 bits per heavy atom. The highest BCUT2D eigenvalue weighted by molar-refractivity contribution is 8.00. The second kappa shape index (κ2) is 7.57. The Kier molecular flexibility index (Phi) is 6.27. The van der Waals surface area contributed by atoms with Crippen LogP contribution in [0.1, 0.15) is 6.42 Å². The SMILES string of the molecule is COC(=O)[C@@]1(P(=O)(OC)OC)C[C@H]([Si](C)(C)C)[C@H]1Sc1ccccc1. The van der Waals surface area contributed by atoms with Gasteiger partial charge >= 0.3 is 13.6 Å². The second-order valence-electron chi connectivity index (χ2n) is 7.31. The van der Waals surface area contributed by atoms with E-state index in [4.69, 9.17) is 13.8 Å². The maximum Gasteiger partial charge on any atom is 0.348 e. The lowest BCUT2D eigenvalue weighted by atomic mass is 9.82. The van der Waals surface area contributed by atoms with Gasteiger partial charge in [-0.2, -0.15) is 0 Å². The molecule has 0 spiro atoms. The molecule has 0 amide bonds. The summed E-state index contributed by atoms with van der Waals surface area (Å²) in [6, 6.07) is 9.85. The molecule has 0 unspecified atom stereocenters. The van der Waals surface area contributed by atoms with Crippen molar-refractivity contribution in [1.29, 1.82) is 0 Å². The second-order valence-corrected chi connectivity index (χ2v) is 16.5. The van der Waals surface area contributed by atoms with Crippen LogP contribution in [0.5, 0.6) is 0 Å². The molecule has 0 aliphatic heterocycles. The van der Waals surface area contributed by atoms with Gasteiger partial charge in [-0.3, -0.25) is 9.36 Å². The lowest BCUT2D eigenvalue weighted by Gasteiger charge is -2.57. The zero-order valence-electron chi connectivity index (χ0n) is 15.6. The number of carbonyl (C=O) groups is 1. The van der Waals surface area contributed by atoms with Crippen LogP contribution in [0.3, 0.4) is 0 Å². The topological polar surface area (TPSA) is 61.8 Å². The van der Waals surface area contributed by atoms with Gasteiger partial charge in [0.2, 0.25) is 0 Å². The first-order valence-electron chi connectivity index (χ1n) is 8.18. The molecule has 1 aromatic rings. The molecule has 2 rings (SSSR count). The number of thioether (sulfide) groups is 1. The average Bonchev–Trinajstić information content (AvgIpc) is 2.58. The molecular formula is C17H27O5PSSi. The Morgan fingerprint density at radius 2 is 1.72 bits per heavy atom. The highest BCUT2D eigenvalue weighted by Crippen LogP contribution is 2.74. The van der Waals surface area contributed by atoms with Crippen molar-refractivity contribution in [3.8, 4) is 0 Å². The summed E-state index contributed by atoms with van der Waals surface area (Å²) in [6.45, 7) is 6.80.